The maximum Gasteiger partial charge on any atom is 0.303 e. The second-order valence-electron chi connectivity index (χ2n) is 5.67. The minimum Gasteiger partial charge on any atom is -0.487 e. The molecule has 1 saturated carbocycles. The van der Waals surface area contributed by atoms with Crippen LogP contribution in [0.5, 0.6) is 5.75 Å². The fourth-order valence-corrected chi connectivity index (χ4v) is 3.48. The number of hydrogen-bond donors (Lipinski definition) is 1. The number of hydrogen-bond acceptors (Lipinski definition) is 2. The molecule has 0 amide bonds. The lowest BCUT2D eigenvalue weighted by molar-refractivity contribution is -0.137. The normalized spacial score (nSPS) is 23.9. The summed E-state index contributed by atoms with van der Waals surface area (Å²) in [4.78, 5) is 11.0. The molecule has 1 heterocycles. The number of ether oxygens (including phenoxy) is 1. The van der Waals surface area contributed by atoms with Gasteiger partial charge in [0.25, 0.3) is 0 Å². The summed E-state index contributed by atoms with van der Waals surface area (Å²) in [5.74, 6) is -0.647. The molecule has 0 aromatic heterocycles. The summed E-state index contributed by atoms with van der Waals surface area (Å²) in [7, 11) is 0. The SMILES string of the molecule is O=C(O)CC1CC2(CCCC2)Oc2ccc(F)cc21. The van der Waals surface area contributed by atoms with Gasteiger partial charge in [-0.15, -0.1) is 0 Å². The van der Waals surface area contributed by atoms with Crippen molar-refractivity contribution in [3.8, 4) is 5.75 Å². The van der Waals surface area contributed by atoms with E-state index in [1.54, 1.807) is 6.07 Å². The summed E-state index contributed by atoms with van der Waals surface area (Å²) in [6.07, 6.45) is 4.92. The van der Waals surface area contributed by atoms with Gasteiger partial charge in [-0.05, 0) is 50.3 Å². The minimum atomic E-state index is -0.838. The van der Waals surface area contributed by atoms with Crippen molar-refractivity contribution in [2.24, 2.45) is 0 Å². The fourth-order valence-electron chi connectivity index (χ4n) is 3.48. The van der Waals surface area contributed by atoms with Crippen LogP contribution in [0, 0.1) is 5.82 Å². The number of carbonyl (C=O) groups is 1. The quantitative estimate of drug-likeness (QED) is 0.889. The molecule has 19 heavy (non-hydrogen) atoms. The Morgan fingerprint density at radius 2 is 2.16 bits per heavy atom. The maximum absolute atomic E-state index is 13.4. The Bertz CT molecular complexity index is 506. The molecule has 0 radical (unpaired) electrons. The predicted octanol–water partition coefficient (Wildman–Crippen LogP) is 3.48. The zero-order chi connectivity index (χ0) is 13.5. The van der Waals surface area contributed by atoms with E-state index in [1.807, 2.05) is 0 Å². The summed E-state index contributed by atoms with van der Waals surface area (Å²) >= 11 is 0. The van der Waals surface area contributed by atoms with Gasteiger partial charge in [-0.25, -0.2) is 4.39 Å². The van der Waals surface area contributed by atoms with E-state index in [4.69, 9.17) is 9.84 Å². The van der Waals surface area contributed by atoms with Gasteiger partial charge in [0.1, 0.15) is 17.2 Å². The maximum atomic E-state index is 13.4. The molecule has 1 fully saturated rings. The molecule has 1 aliphatic carbocycles. The van der Waals surface area contributed by atoms with E-state index >= 15 is 0 Å². The Kier molecular flexibility index (Phi) is 2.96. The van der Waals surface area contributed by atoms with E-state index < -0.39 is 5.97 Å². The van der Waals surface area contributed by atoms with Crippen LogP contribution in [0.25, 0.3) is 0 Å². The molecular formula is C15H17FO3. The number of halogens is 1. The summed E-state index contributed by atoms with van der Waals surface area (Å²) in [6, 6.07) is 4.44. The number of aliphatic carboxylic acids is 1. The van der Waals surface area contributed by atoms with Gasteiger partial charge in [-0.1, -0.05) is 0 Å². The zero-order valence-electron chi connectivity index (χ0n) is 10.7. The fraction of sp³-hybridized carbons (Fsp3) is 0.533. The molecule has 102 valence electrons. The predicted molar refractivity (Wildman–Crippen MR) is 67.8 cm³/mol. The first-order valence-electron chi connectivity index (χ1n) is 6.78. The van der Waals surface area contributed by atoms with Crippen LogP contribution in [0.2, 0.25) is 0 Å². The molecule has 2 aliphatic rings. The van der Waals surface area contributed by atoms with E-state index in [-0.39, 0.29) is 23.8 Å². The van der Waals surface area contributed by atoms with Crippen LogP contribution in [0.1, 0.15) is 50.0 Å². The number of carboxylic acid groups (broad SMARTS) is 1. The molecule has 4 heteroatoms. The van der Waals surface area contributed by atoms with Gasteiger partial charge < -0.3 is 9.84 Å². The highest BCUT2D eigenvalue weighted by molar-refractivity contribution is 5.68. The Hall–Kier alpha value is -1.58. The van der Waals surface area contributed by atoms with E-state index in [0.717, 1.165) is 25.7 Å². The van der Waals surface area contributed by atoms with Gasteiger partial charge in [0.05, 0.1) is 6.42 Å². The lowest BCUT2D eigenvalue weighted by Crippen LogP contribution is -2.38. The highest BCUT2D eigenvalue weighted by atomic mass is 19.1. The van der Waals surface area contributed by atoms with E-state index in [2.05, 4.69) is 0 Å². The molecule has 1 atom stereocenters. The third-order valence-corrected chi connectivity index (χ3v) is 4.29. The van der Waals surface area contributed by atoms with Gasteiger partial charge in [0, 0.05) is 11.5 Å². The summed E-state index contributed by atoms with van der Waals surface area (Å²) < 4.78 is 19.5. The highest BCUT2D eigenvalue weighted by Gasteiger charge is 2.43. The van der Waals surface area contributed by atoms with Crippen LogP contribution >= 0.6 is 0 Å². The lowest BCUT2D eigenvalue weighted by atomic mass is 9.80. The number of rotatable bonds is 2. The van der Waals surface area contributed by atoms with E-state index in [1.165, 1.54) is 12.1 Å². The Morgan fingerprint density at radius 1 is 1.42 bits per heavy atom. The standard InChI is InChI=1S/C15H17FO3/c16-11-3-4-13-12(8-11)10(7-14(17)18)9-15(19-13)5-1-2-6-15/h3-4,8,10H,1-2,5-7,9H2,(H,17,18). The van der Waals surface area contributed by atoms with E-state index in [0.29, 0.717) is 17.7 Å². The molecule has 1 spiro atoms. The summed E-state index contributed by atoms with van der Waals surface area (Å²) in [5, 5.41) is 9.06. The molecular weight excluding hydrogens is 247 g/mol. The molecule has 1 unspecified atom stereocenters. The van der Waals surface area contributed by atoms with Gasteiger partial charge in [-0.3, -0.25) is 4.79 Å². The van der Waals surface area contributed by atoms with Gasteiger partial charge in [0.15, 0.2) is 0 Å². The second kappa shape index (κ2) is 4.51. The molecule has 1 aromatic rings. The van der Waals surface area contributed by atoms with Crippen molar-refractivity contribution in [3.63, 3.8) is 0 Å². The second-order valence-corrected chi connectivity index (χ2v) is 5.67. The first kappa shape index (κ1) is 12.5. The van der Waals surface area contributed by atoms with Crippen molar-refractivity contribution in [2.75, 3.05) is 0 Å². The number of carboxylic acids is 1. The minimum absolute atomic E-state index is 0.0432. The molecule has 1 N–H and O–H groups in total. The molecule has 1 aliphatic heterocycles. The Morgan fingerprint density at radius 3 is 2.84 bits per heavy atom. The smallest absolute Gasteiger partial charge is 0.303 e. The van der Waals surface area contributed by atoms with Gasteiger partial charge >= 0.3 is 5.97 Å². The largest absolute Gasteiger partial charge is 0.487 e. The van der Waals surface area contributed by atoms with Crippen LogP contribution < -0.4 is 4.74 Å². The third-order valence-electron chi connectivity index (χ3n) is 4.29. The van der Waals surface area contributed by atoms with Crippen molar-refractivity contribution in [2.45, 2.75) is 50.0 Å². The monoisotopic (exact) mass is 264 g/mol. The number of benzene rings is 1. The lowest BCUT2D eigenvalue weighted by Gasteiger charge is -2.39. The Labute approximate surface area is 111 Å². The summed E-state index contributed by atoms with van der Waals surface area (Å²) in [6.45, 7) is 0. The van der Waals surface area contributed by atoms with Crippen LogP contribution in [0.4, 0.5) is 4.39 Å². The first-order valence-corrected chi connectivity index (χ1v) is 6.78. The average molecular weight is 264 g/mol. The van der Waals surface area contributed by atoms with Crippen molar-refractivity contribution in [1.29, 1.82) is 0 Å². The van der Waals surface area contributed by atoms with Crippen molar-refractivity contribution in [1.82, 2.24) is 0 Å². The topological polar surface area (TPSA) is 46.5 Å². The van der Waals surface area contributed by atoms with Crippen LogP contribution in [0.3, 0.4) is 0 Å². The summed E-state index contributed by atoms with van der Waals surface area (Å²) in [5.41, 5.74) is 0.491. The highest BCUT2D eigenvalue weighted by Crippen LogP contribution is 2.49. The third kappa shape index (κ3) is 2.31. The molecule has 3 nitrogen and oxygen atoms in total. The molecule has 1 aromatic carbocycles. The van der Waals surface area contributed by atoms with E-state index in [9.17, 15) is 9.18 Å². The van der Waals surface area contributed by atoms with Crippen molar-refractivity contribution < 1.29 is 19.0 Å². The van der Waals surface area contributed by atoms with Crippen LogP contribution in [-0.2, 0) is 4.79 Å². The first-order chi connectivity index (χ1) is 9.08. The number of fused-ring (bicyclic) bond motifs is 1. The van der Waals surface area contributed by atoms with Crippen LogP contribution in [-0.4, -0.2) is 16.7 Å². The van der Waals surface area contributed by atoms with Gasteiger partial charge in [-0.2, -0.15) is 0 Å². The zero-order valence-corrected chi connectivity index (χ0v) is 10.7. The van der Waals surface area contributed by atoms with Crippen molar-refractivity contribution in [3.05, 3.63) is 29.6 Å². The Balaban J connectivity index is 1.98. The van der Waals surface area contributed by atoms with Crippen LogP contribution in [0.15, 0.2) is 18.2 Å². The van der Waals surface area contributed by atoms with Crippen molar-refractivity contribution >= 4 is 5.97 Å². The average Bonchev–Trinajstić information content (AvgIpc) is 2.78. The molecule has 0 saturated heterocycles. The molecule has 0 bridgehead atoms. The molecule has 3 rings (SSSR count). The van der Waals surface area contributed by atoms with Gasteiger partial charge in [0.2, 0.25) is 0 Å².